The van der Waals surface area contributed by atoms with Gasteiger partial charge in [-0.05, 0) is 24.4 Å². The van der Waals surface area contributed by atoms with E-state index < -0.39 is 0 Å². The molecule has 0 spiro atoms. The summed E-state index contributed by atoms with van der Waals surface area (Å²) in [7, 11) is 0. The van der Waals surface area contributed by atoms with Gasteiger partial charge in [0.25, 0.3) is 0 Å². The number of carbonyl (C=O) groups excluding carboxylic acids is 1. The second-order valence-electron chi connectivity index (χ2n) is 5.03. The number of aromatic nitrogens is 1. The number of carbonyl (C=O) groups is 1. The number of hydrogen-bond donors (Lipinski definition) is 1. The van der Waals surface area contributed by atoms with Gasteiger partial charge < -0.3 is 9.88 Å². The van der Waals surface area contributed by atoms with Gasteiger partial charge in [0, 0.05) is 16.0 Å². The highest BCUT2D eigenvalue weighted by Gasteiger charge is 2.15. The van der Waals surface area contributed by atoms with Gasteiger partial charge in [0.05, 0.1) is 17.6 Å². The smallest absolute Gasteiger partial charge is 0.240 e. The Balaban J connectivity index is 1.83. The molecule has 1 amide bonds. The molecule has 3 aromatic rings. The summed E-state index contributed by atoms with van der Waals surface area (Å²) in [5.74, 6) is -0.0539. The summed E-state index contributed by atoms with van der Waals surface area (Å²) < 4.78 is 1.90. The van der Waals surface area contributed by atoms with E-state index >= 15 is 0 Å². The van der Waals surface area contributed by atoms with Crippen LogP contribution in [0.3, 0.4) is 0 Å². The van der Waals surface area contributed by atoms with E-state index in [2.05, 4.69) is 11.4 Å². The lowest BCUT2D eigenvalue weighted by Crippen LogP contribution is -2.27. The number of thiophene rings is 1. The number of hydrogen-bond acceptors (Lipinski definition) is 3. The molecule has 0 saturated carbocycles. The maximum atomic E-state index is 12.2. The second-order valence-corrected chi connectivity index (χ2v) is 6.06. The first-order valence-corrected chi connectivity index (χ1v) is 7.85. The molecular formula is C17H15N3OS. The highest BCUT2D eigenvalue weighted by Crippen LogP contribution is 2.24. The first-order valence-electron chi connectivity index (χ1n) is 6.97. The Bertz CT molecular complexity index is 856. The van der Waals surface area contributed by atoms with Crippen molar-refractivity contribution in [3.8, 4) is 6.07 Å². The van der Waals surface area contributed by atoms with Gasteiger partial charge in [0.1, 0.15) is 12.6 Å². The molecule has 0 radical (unpaired) electrons. The van der Waals surface area contributed by atoms with Gasteiger partial charge in [-0.15, -0.1) is 11.3 Å². The Morgan fingerprint density at radius 3 is 2.86 bits per heavy atom. The van der Waals surface area contributed by atoms with Crippen LogP contribution in [-0.4, -0.2) is 10.5 Å². The number of para-hydroxylation sites is 1. The second kappa shape index (κ2) is 6.04. The third-order valence-corrected chi connectivity index (χ3v) is 4.56. The lowest BCUT2D eigenvalue weighted by Gasteiger charge is -2.08. The molecule has 1 N–H and O–H groups in total. The normalized spacial score (nSPS) is 10.5. The quantitative estimate of drug-likeness (QED) is 0.804. The Hall–Kier alpha value is -2.58. The average Bonchev–Trinajstić information content (AvgIpc) is 3.13. The van der Waals surface area contributed by atoms with Crippen molar-refractivity contribution in [3.63, 3.8) is 0 Å². The zero-order chi connectivity index (χ0) is 15.5. The topological polar surface area (TPSA) is 57.8 Å². The summed E-state index contributed by atoms with van der Waals surface area (Å²) in [6.45, 7) is 2.64. The summed E-state index contributed by atoms with van der Waals surface area (Å²) in [5, 5.41) is 15.1. The predicted octanol–water partition coefficient (Wildman–Crippen LogP) is 3.20. The summed E-state index contributed by atoms with van der Waals surface area (Å²) in [6, 6.07) is 13.9. The van der Waals surface area contributed by atoms with Gasteiger partial charge in [-0.2, -0.15) is 5.26 Å². The minimum atomic E-state index is -0.0539. The zero-order valence-electron chi connectivity index (χ0n) is 12.2. The SMILES string of the molecule is Cc1c(C#N)c2ccccc2n1CC(=O)NCc1cccs1. The molecule has 2 heterocycles. The fourth-order valence-corrected chi connectivity index (χ4v) is 3.22. The largest absolute Gasteiger partial charge is 0.350 e. The molecule has 4 nitrogen and oxygen atoms in total. The van der Waals surface area contributed by atoms with Gasteiger partial charge in [-0.3, -0.25) is 4.79 Å². The monoisotopic (exact) mass is 309 g/mol. The molecule has 0 unspecified atom stereocenters. The molecule has 0 aliphatic heterocycles. The van der Waals surface area contributed by atoms with Crippen molar-refractivity contribution in [2.75, 3.05) is 0 Å². The Morgan fingerprint density at radius 1 is 1.32 bits per heavy atom. The fourth-order valence-electron chi connectivity index (χ4n) is 2.57. The van der Waals surface area contributed by atoms with E-state index in [9.17, 15) is 10.1 Å². The summed E-state index contributed by atoms with van der Waals surface area (Å²) in [6.07, 6.45) is 0. The van der Waals surface area contributed by atoms with E-state index in [1.54, 1.807) is 11.3 Å². The van der Waals surface area contributed by atoms with Crippen molar-refractivity contribution in [2.45, 2.75) is 20.0 Å². The fraction of sp³-hybridized carbons (Fsp3) is 0.176. The molecule has 22 heavy (non-hydrogen) atoms. The maximum Gasteiger partial charge on any atom is 0.240 e. The summed E-state index contributed by atoms with van der Waals surface area (Å²) in [4.78, 5) is 13.3. The lowest BCUT2D eigenvalue weighted by atomic mass is 10.1. The molecule has 2 aromatic heterocycles. The molecule has 5 heteroatoms. The Kier molecular flexibility index (Phi) is 3.94. The molecule has 0 saturated heterocycles. The minimum absolute atomic E-state index is 0.0539. The van der Waals surface area contributed by atoms with Crippen LogP contribution >= 0.6 is 11.3 Å². The first kappa shape index (κ1) is 14.4. The van der Waals surface area contributed by atoms with E-state index in [0.29, 0.717) is 12.1 Å². The Morgan fingerprint density at radius 2 is 2.14 bits per heavy atom. The number of fused-ring (bicyclic) bond motifs is 1. The van der Waals surface area contributed by atoms with Crippen LogP contribution in [0.4, 0.5) is 0 Å². The molecular weight excluding hydrogens is 294 g/mol. The van der Waals surface area contributed by atoms with E-state index in [1.165, 1.54) is 0 Å². The van der Waals surface area contributed by atoms with E-state index in [1.807, 2.05) is 53.3 Å². The standard InChI is InChI=1S/C17H15N3OS/c1-12-15(9-18)14-6-2-3-7-16(14)20(12)11-17(21)19-10-13-5-4-8-22-13/h2-8H,10-11H2,1H3,(H,19,21). The van der Waals surface area contributed by atoms with Crippen molar-refractivity contribution in [1.29, 1.82) is 5.26 Å². The third-order valence-electron chi connectivity index (χ3n) is 3.68. The van der Waals surface area contributed by atoms with E-state index in [4.69, 9.17) is 0 Å². The van der Waals surface area contributed by atoms with Crippen LogP contribution in [0.1, 0.15) is 16.1 Å². The Labute approximate surface area is 132 Å². The summed E-state index contributed by atoms with van der Waals surface area (Å²) in [5.41, 5.74) is 2.39. The van der Waals surface area contributed by atoms with Crippen molar-refractivity contribution in [1.82, 2.24) is 9.88 Å². The predicted molar refractivity (Wildman–Crippen MR) is 87.6 cm³/mol. The third kappa shape index (κ3) is 2.61. The zero-order valence-corrected chi connectivity index (χ0v) is 13.0. The molecule has 110 valence electrons. The maximum absolute atomic E-state index is 12.2. The van der Waals surface area contributed by atoms with Crippen LogP contribution in [-0.2, 0) is 17.9 Å². The average molecular weight is 309 g/mol. The highest BCUT2D eigenvalue weighted by atomic mass is 32.1. The van der Waals surface area contributed by atoms with Crippen molar-refractivity contribution >= 4 is 28.1 Å². The van der Waals surface area contributed by atoms with Crippen molar-refractivity contribution < 1.29 is 4.79 Å². The highest BCUT2D eigenvalue weighted by molar-refractivity contribution is 7.09. The van der Waals surface area contributed by atoms with Crippen LogP contribution in [0, 0.1) is 18.3 Å². The van der Waals surface area contributed by atoms with E-state index in [0.717, 1.165) is 21.5 Å². The van der Waals surface area contributed by atoms with Crippen LogP contribution < -0.4 is 5.32 Å². The molecule has 0 atom stereocenters. The van der Waals surface area contributed by atoms with Crippen LogP contribution in [0.2, 0.25) is 0 Å². The summed E-state index contributed by atoms with van der Waals surface area (Å²) >= 11 is 1.62. The molecule has 0 bridgehead atoms. The van der Waals surface area contributed by atoms with Gasteiger partial charge in [-0.25, -0.2) is 0 Å². The van der Waals surface area contributed by atoms with Gasteiger partial charge in [-0.1, -0.05) is 24.3 Å². The molecule has 0 aliphatic carbocycles. The molecule has 3 rings (SSSR count). The van der Waals surface area contributed by atoms with E-state index in [-0.39, 0.29) is 12.5 Å². The van der Waals surface area contributed by atoms with Crippen LogP contribution in [0.25, 0.3) is 10.9 Å². The van der Waals surface area contributed by atoms with Gasteiger partial charge >= 0.3 is 0 Å². The van der Waals surface area contributed by atoms with Gasteiger partial charge in [0.2, 0.25) is 5.91 Å². The van der Waals surface area contributed by atoms with Gasteiger partial charge in [0.15, 0.2) is 0 Å². The van der Waals surface area contributed by atoms with Crippen molar-refractivity contribution in [2.24, 2.45) is 0 Å². The number of benzene rings is 1. The first-order chi connectivity index (χ1) is 10.7. The lowest BCUT2D eigenvalue weighted by molar-refractivity contribution is -0.121. The number of rotatable bonds is 4. The van der Waals surface area contributed by atoms with Crippen molar-refractivity contribution in [3.05, 3.63) is 57.9 Å². The number of nitrogens with one attached hydrogen (secondary N) is 1. The van der Waals surface area contributed by atoms with Crippen LogP contribution in [0.15, 0.2) is 41.8 Å². The number of nitriles is 1. The number of nitrogens with zero attached hydrogens (tertiary/aromatic N) is 2. The number of amides is 1. The van der Waals surface area contributed by atoms with Crippen LogP contribution in [0.5, 0.6) is 0 Å². The molecule has 0 aliphatic rings. The molecule has 0 fully saturated rings. The molecule has 1 aromatic carbocycles. The minimum Gasteiger partial charge on any atom is -0.350 e.